The molecule has 1 saturated heterocycles. The molecule has 1 aromatic carbocycles. The molecule has 0 radical (unpaired) electrons. The fourth-order valence-corrected chi connectivity index (χ4v) is 3.28. The molecule has 0 spiro atoms. The first-order valence-electron chi connectivity index (χ1n) is 6.94. The highest BCUT2D eigenvalue weighted by molar-refractivity contribution is 6.31. The molecule has 1 fully saturated rings. The number of β-amino-alcohol motifs (C(OH)–C–C–N with tert-alkyl or cyclic N) is 1. The van der Waals surface area contributed by atoms with Crippen LogP contribution in [0.4, 0.5) is 0 Å². The molecule has 6 heteroatoms. The Hall–Kier alpha value is -1.69. The fraction of sp³-hybridized carbons (Fsp3) is 0.333. The summed E-state index contributed by atoms with van der Waals surface area (Å²) in [5, 5.41) is 14.1. The number of nitrogens with zero attached hydrogens (tertiary/aromatic N) is 2. The van der Waals surface area contributed by atoms with Gasteiger partial charge in [-0.15, -0.1) is 0 Å². The molecule has 4 rings (SSSR count). The Labute approximate surface area is 126 Å². The summed E-state index contributed by atoms with van der Waals surface area (Å²) in [6.07, 6.45) is 5.37. The number of aromatic amines is 1. The van der Waals surface area contributed by atoms with Crippen LogP contribution in [-0.2, 0) is 5.41 Å². The van der Waals surface area contributed by atoms with Gasteiger partial charge in [-0.2, -0.15) is 0 Å². The Kier molecular flexibility index (Phi) is 2.89. The molecular formula is C15H15ClN4O. The average Bonchev–Trinajstić information content (AvgIpc) is 2.90. The molecule has 3 N–H and O–H groups in total. The predicted octanol–water partition coefficient (Wildman–Crippen LogP) is 1.43. The van der Waals surface area contributed by atoms with E-state index in [1.807, 2.05) is 24.3 Å². The third-order valence-corrected chi connectivity index (χ3v) is 4.54. The van der Waals surface area contributed by atoms with Gasteiger partial charge in [0.1, 0.15) is 5.82 Å². The second-order valence-electron chi connectivity index (χ2n) is 5.59. The number of halogens is 1. The summed E-state index contributed by atoms with van der Waals surface area (Å²) in [7, 11) is 0. The van der Waals surface area contributed by atoms with Gasteiger partial charge in [0.2, 0.25) is 0 Å². The monoisotopic (exact) mass is 302 g/mol. The lowest BCUT2D eigenvalue weighted by Crippen LogP contribution is -2.67. The molecule has 21 heavy (non-hydrogen) atoms. The first-order valence-corrected chi connectivity index (χ1v) is 7.32. The van der Waals surface area contributed by atoms with E-state index in [-0.39, 0.29) is 12.1 Å². The number of fused-ring (bicyclic) bond motifs is 1. The van der Waals surface area contributed by atoms with E-state index in [1.54, 1.807) is 6.21 Å². The highest BCUT2D eigenvalue weighted by Crippen LogP contribution is 2.35. The third-order valence-electron chi connectivity index (χ3n) is 4.31. The maximum atomic E-state index is 10.1. The number of hydrogen-bond acceptors (Lipinski definition) is 4. The summed E-state index contributed by atoms with van der Waals surface area (Å²) in [6, 6.07) is 5.50. The van der Waals surface area contributed by atoms with E-state index >= 15 is 0 Å². The van der Waals surface area contributed by atoms with Gasteiger partial charge in [-0.1, -0.05) is 17.7 Å². The number of H-pyrrole nitrogens is 1. The van der Waals surface area contributed by atoms with Gasteiger partial charge < -0.3 is 15.4 Å². The number of benzene rings is 1. The maximum absolute atomic E-state index is 10.1. The molecule has 3 heterocycles. The van der Waals surface area contributed by atoms with Gasteiger partial charge in [0, 0.05) is 17.8 Å². The molecule has 3 unspecified atom stereocenters. The van der Waals surface area contributed by atoms with Crippen LogP contribution in [0, 0.1) is 0 Å². The lowest BCUT2D eigenvalue weighted by atomic mass is 9.72. The van der Waals surface area contributed by atoms with E-state index in [0.29, 0.717) is 18.1 Å². The number of aliphatic hydroxyl groups is 1. The van der Waals surface area contributed by atoms with Gasteiger partial charge in [0.25, 0.3) is 0 Å². The van der Waals surface area contributed by atoms with Crippen LogP contribution in [0.1, 0.15) is 5.82 Å². The minimum Gasteiger partial charge on any atom is -0.390 e. The Morgan fingerprint density at radius 1 is 1.38 bits per heavy atom. The van der Waals surface area contributed by atoms with Gasteiger partial charge in [-0.25, -0.2) is 4.98 Å². The Morgan fingerprint density at radius 2 is 2.29 bits per heavy atom. The average molecular weight is 303 g/mol. The highest BCUT2D eigenvalue weighted by atomic mass is 35.5. The summed E-state index contributed by atoms with van der Waals surface area (Å²) >= 11 is 6.03. The molecular weight excluding hydrogens is 288 g/mol. The Morgan fingerprint density at radius 3 is 2.95 bits per heavy atom. The summed E-state index contributed by atoms with van der Waals surface area (Å²) in [4.78, 5) is 12.4. The number of dihydropyridines is 1. The van der Waals surface area contributed by atoms with E-state index in [2.05, 4.69) is 21.4 Å². The van der Waals surface area contributed by atoms with Crippen molar-refractivity contribution in [1.82, 2.24) is 15.3 Å². The van der Waals surface area contributed by atoms with Crippen LogP contribution in [0.5, 0.6) is 0 Å². The van der Waals surface area contributed by atoms with E-state index in [1.165, 1.54) is 0 Å². The molecule has 2 aromatic rings. The van der Waals surface area contributed by atoms with Crippen molar-refractivity contribution in [1.29, 1.82) is 0 Å². The van der Waals surface area contributed by atoms with Gasteiger partial charge >= 0.3 is 0 Å². The lowest BCUT2D eigenvalue weighted by molar-refractivity contribution is 0.0295. The number of hydrogen-bond donors (Lipinski definition) is 3. The van der Waals surface area contributed by atoms with Gasteiger partial charge in [-0.3, -0.25) is 4.99 Å². The van der Waals surface area contributed by atoms with Gasteiger partial charge in [0.05, 0.1) is 35.1 Å². The van der Waals surface area contributed by atoms with E-state index < -0.39 is 5.41 Å². The molecule has 0 aliphatic carbocycles. The second-order valence-corrected chi connectivity index (χ2v) is 6.03. The zero-order valence-corrected chi connectivity index (χ0v) is 12.0. The standard InChI is InChI=1S/C15H15ClN4O/c16-9-2-3-10-11(6-9)20-14(19-10)15(4-1-5-17-8-15)13-12(21)7-18-13/h1-6,12-13,18,21H,7-8H2,(H,19,20). The number of aliphatic hydroxyl groups excluding tert-OH is 1. The SMILES string of the molecule is OC1CNC1C1(c2nc3ccc(Cl)cc3[nH]2)C=CC=NC1. The normalized spacial score (nSPS) is 31.5. The number of imidazole rings is 1. The number of aliphatic imine (C=N–C) groups is 1. The largest absolute Gasteiger partial charge is 0.390 e. The van der Waals surface area contributed by atoms with Crippen molar-refractivity contribution >= 4 is 28.8 Å². The number of nitrogens with one attached hydrogen (secondary N) is 2. The molecule has 108 valence electrons. The van der Waals surface area contributed by atoms with E-state index in [0.717, 1.165) is 16.9 Å². The van der Waals surface area contributed by atoms with E-state index in [9.17, 15) is 5.11 Å². The molecule has 5 nitrogen and oxygen atoms in total. The summed E-state index contributed by atoms with van der Waals surface area (Å²) in [5.41, 5.74) is 1.32. The van der Waals surface area contributed by atoms with Crippen molar-refractivity contribution in [3.05, 3.63) is 41.2 Å². The zero-order valence-electron chi connectivity index (χ0n) is 11.3. The van der Waals surface area contributed by atoms with Crippen LogP contribution in [0.15, 0.2) is 35.3 Å². The molecule has 3 atom stereocenters. The molecule has 2 aliphatic heterocycles. The third kappa shape index (κ3) is 1.92. The molecule has 0 bridgehead atoms. The summed E-state index contributed by atoms with van der Waals surface area (Å²) in [6.45, 7) is 1.17. The molecule has 1 aromatic heterocycles. The van der Waals surface area contributed by atoms with Crippen molar-refractivity contribution < 1.29 is 5.11 Å². The first-order chi connectivity index (χ1) is 10.2. The smallest absolute Gasteiger partial charge is 0.120 e. The first kappa shape index (κ1) is 13.0. The van der Waals surface area contributed by atoms with Crippen LogP contribution in [0.3, 0.4) is 0 Å². The fourth-order valence-electron chi connectivity index (χ4n) is 3.10. The topological polar surface area (TPSA) is 73.3 Å². The molecule has 0 amide bonds. The van der Waals surface area contributed by atoms with Crippen LogP contribution in [-0.4, -0.2) is 46.5 Å². The number of allylic oxidation sites excluding steroid dienone is 1. The maximum Gasteiger partial charge on any atom is 0.120 e. The van der Waals surface area contributed by atoms with E-state index in [4.69, 9.17) is 16.6 Å². The highest BCUT2D eigenvalue weighted by Gasteiger charge is 2.49. The minimum atomic E-state index is -0.447. The van der Waals surface area contributed by atoms with Gasteiger partial charge in [-0.05, 0) is 24.3 Å². The molecule has 0 saturated carbocycles. The quantitative estimate of drug-likeness (QED) is 0.786. The van der Waals surface area contributed by atoms with Crippen LogP contribution >= 0.6 is 11.6 Å². The Bertz CT molecular complexity index is 753. The van der Waals surface area contributed by atoms with Crippen molar-refractivity contribution in [2.24, 2.45) is 4.99 Å². The summed E-state index contributed by atoms with van der Waals surface area (Å²) < 4.78 is 0. The number of aromatic nitrogens is 2. The zero-order chi connectivity index (χ0) is 14.4. The molecule has 2 aliphatic rings. The van der Waals surface area contributed by atoms with Crippen molar-refractivity contribution in [3.8, 4) is 0 Å². The summed E-state index contributed by atoms with van der Waals surface area (Å²) in [5.74, 6) is 0.809. The van der Waals surface area contributed by atoms with Crippen LogP contribution in [0.2, 0.25) is 5.02 Å². The van der Waals surface area contributed by atoms with Crippen molar-refractivity contribution in [2.45, 2.75) is 17.6 Å². The minimum absolute atomic E-state index is 0.0813. The number of rotatable bonds is 2. The predicted molar refractivity (Wildman–Crippen MR) is 83.1 cm³/mol. The second kappa shape index (κ2) is 4.66. The Balaban J connectivity index is 1.85. The van der Waals surface area contributed by atoms with Crippen LogP contribution < -0.4 is 5.32 Å². The van der Waals surface area contributed by atoms with Crippen molar-refractivity contribution in [3.63, 3.8) is 0 Å². The van der Waals surface area contributed by atoms with Gasteiger partial charge in [0.15, 0.2) is 0 Å². The van der Waals surface area contributed by atoms with Crippen molar-refractivity contribution in [2.75, 3.05) is 13.1 Å². The van der Waals surface area contributed by atoms with Crippen LogP contribution in [0.25, 0.3) is 11.0 Å². The lowest BCUT2D eigenvalue weighted by Gasteiger charge is -2.46.